The van der Waals surface area contributed by atoms with Gasteiger partial charge in [-0.2, -0.15) is 5.10 Å². The molecule has 1 aromatic heterocycles. The van der Waals surface area contributed by atoms with Crippen LogP contribution < -0.4 is 5.73 Å². The standard InChI is InChI=1S/C13H14FN3O/c14-10-3-1-2-4-12(10)17-7-11(15)13(16-17)9-5-6-18-8-9/h1-4,7,9H,5-6,8,15H2. The number of benzene rings is 1. The quantitative estimate of drug-likeness (QED) is 0.884. The minimum Gasteiger partial charge on any atom is -0.396 e. The van der Waals surface area contributed by atoms with Crippen LogP contribution in [-0.4, -0.2) is 23.0 Å². The monoisotopic (exact) mass is 247 g/mol. The zero-order valence-corrected chi connectivity index (χ0v) is 9.84. The van der Waals surface area contributed by atoms with Gasteiger partial charge in [-0.1, -0.05) is 12.1 Å². The summed E-state index contributed by atoms with van der Waals surface area (Å²) in [7, 11) is 0. The number of rotatable bonds is 2. The Morgan fingerprint density at radius 1 is 1.39 bits per heavy atom. The molecular weight excluding hydrogens is 233 g/mol. The Kier molecular flexibility index (Phi) is 2.76. The maximum atomic E-state index is 13.7. The SMILES string of the molecule is Nc1cn(-c2ccccc2F)nc1C1CCOC1. The predicted octanol–water partition coefficient (Wildman–Crippen LogP) is 2.10. The van der Waals surface area contributed by atoms with Gasteiger partial charge in [0.1, 0.15) is 11.5 Å². The van der Waals surface area contributed by atoms with E-state index in [1.54, 1.807) is 24.4 Å². The summed E-state index contributed by atoms with van der Waals surface area (Å²) in [5, 5.41) is 4.39. The number of nitrogens with two attached hydrogens (primary N) is 1. The molecule has 0 bridgehead atoms. The lowest BCUT2D eigenvalue weighted by Crippen LogP contribution is -2.03. The second-order valence-corrected chi connectivity index (χ2v) is 4.43. The molecule has 0 amide bonds. The van der Waals surface area contributed by atoms with Gasteiger partial charge in [-0.05, 0) is 18.6 Å². The van der Waals surface area contributed by atoms with Gasteiger partial charge in [0.05, 0.1) is 24.2 Å². The molecule has 1 atom stereocenters. The average molecular weight is 247 g/mol. The molecule has 18 heavy (non-hydrogen) atoms. The van der Waals surface area contributed by atoms with Gasteiger partial charge in [0.15, 0.2) is 0 Å². The van der Waals surface area contributed by atoms with E-state index in [1.807, 2.05) is 0 Å². The highest BCUT2D eigenvalue weighted by Gasteiger charge is 2.23. The van der Waals surface area contributed by atoms with Gasteiger partial charge in [0, 0.05) is 12.5 Å². The van der Waals surface area contributed by atoms with Crippen molar-refractivity contribution in [3.63, 3.8) is 0 Å². The molecule has 1 unspecified atom stereocenters. The lowest BCUT2D eigenvalue weighted by Gasteiger charge is -2.04. The summed E-state index contributed by atoms with van der Waals surface area (Å²) in [6.45, 7) is 1.37. The second-order valence-electron chi connectivity index (χ2n) is 4.43. The average Bonchev–Trinajstić information content (AvgIpc) is 2.98. The number of anilines is 1. The largest absolute Gasteiger partial charge is 0.396 e. The topological polar surface area (TPSA) is 53.1 Å². The highest BCUT2D eigenvalue weighted by molar-refractivity contribution is 5.46. The lowest BCUT2D eigenvalue weighted by molar-refractivity contribution is 0.193. The molecule has 1 aliphatic rings. The molecule has 1 fully saturated rings. The molecule has 0 radical (unpaired) electrons. The van der Waals surface area contributed by atoms with Gasteiger partial charge in [0.25, 0.3) is 0 Å². The van der Waals surface area contributed by atoms with Gasteiger partial charge < -0.3 is 10.5 Å². The van der Waals surface area contributed by atoms with Crippen LogP contribution in [0.2, 0.25) is 0 Å². The Balaban J connectivity index is 1.99. The van der Waals surface area contributed by atoms with E-state index in [-0.39, 0.29) is 11.7 Å². The normalized spacial score (nSPS) is 19.3. The van der Waals surface area contributed by atoms with Crippen LogP contribution in [0.5, 0.6) is 0 Å². The Morgan fingerprint density at radius 2 is 2.22 bits per heavy atom. The van der Waals surface area contributed by atoms with E-state index in [1.165, 1.54) is 10.7 Å². The first-order valence-electron chi connectivity index (χ1n) is 5.93. The Labute approximate surface area is 104 Å². The van der Waals surface area contributed by atoms with Crippen LogP contribution in [-0.2, 0) is 4.74 Å². The van der Waals surface area contributed by atoms with E-state index < -0.39 is 0 Å². The molecule has 1 aliphatic heterocycles. The number of nitrogen functional groups attached to an aromatic ring is 1. The van der Waals surface area contributed by atoms with E-state index in [9.17, 15) is 4.39 Å². The van der Waals surface area contributed by atoms with Crippen LogP contribution in [0.3, 0.4) is 0 Å². The van der Waals surface area contributed by atoms with Crippen molar-refractivity contribution < 1.29 is 9.13 Å². The number of halogens is 1. The molecule has 1 saturated heterocycles. The number of hydrogen-bond acceptors (Lipinski definition) is 3. The zero-order chi connectivity index (χ0) is 12.5. The summed E-state index contributed by atoms with van der Waals surface area (Å²) < 4.78 is 20.5. The van der Waals surface area contributed by atoms with Crippen molar-refractivity contribution >= 4 is 5.69 Å². The van der Waals surface area contributed by atoms with Gasteiger partial charge in [0.2, 0.25) is 0 Å². The molecule has 2 heterocycles. The molecule has 0 spiro atoms. The summed E-state index contributed by atoms with van der Waals surface area (Å²) in [5.74, 6) is -0.0905. The predicted molar refractivity (Wildman–Crippen MR) is 66.1 cm³/mol. The fourth-order valence-electron chi connectivity index (χ4n) is 2.23. The van der Waals surface area contributed by atoms with Gasteiger partial charge in [-0.3, -0.25) is 0 Å². The molecule has 2 aromatic rings. The van der Waals surface area contributed by atoms with Crippen LogP contribution in [0.4, 0.5) is 10.1 Å². The minimum atomic E-state index is -0.311. The minimum absolute atomic E-state index is 0.220. The Hall–Kier alpha value is -1.88. The Morgan fingerprint density at radius 3 is 2.94 bits per heavy atom. The van der Waals surface area contributed by atoms with Gasteiger partial charge in [-0.15, -0.1) is 0 Å². The summed E-state index contributed by atoms with van der Waals surface area (Å²) in [6, 6.07) is 6.51. The van der Waals surface area contributed by atoms with E-state index >= 15 is 0 Å². The smallest absolute Gasteiger partial charge is 0.148 e. The van der Waals surface area contributed by atoms with Crippen molar-refractivity contribution in [2.75, 3.05) is 18.9 Å². The van der Waals surface area contributed by atoms with E-state index in [4.69, 9.17) is 10.5 Å². The summed E-state index contributed by atoms with van der Waals surface area (Å²) in [5.41, 5.74) is 7.75. The zero-order valence-electron chi connectivity index (χ0n) is 9.84. The van der Waals surface area contributed by atoms with Crippen LogP contribution in [0.15, 0.2) is 30.5 Å². The van der Waals surface area contributed by atoms with Crippen LogP contribution in [0.1, 0.15) is 18.0 Å². The first-order chi connectivity index (χ1) is 8.75. The van der Waals surface area contributed by atoms with Gasteiger partial charge in [-0.25, -0.2) is 9.07 Å². The fourth-order valence-corrected chi connectivity index (χ4v) is 2.23. The first-order valence-corrected chi connectivity index (χ1v) is 5.93. The molecule has 4 nitrogen and oxygen atoms in total. The van der Waals surface area contributed by atoms with Gasteiger partial charge >= 0.3 is 0 Å². The number of aromatic nitrogens is 2. The van der Waals surface area contributed by atoms with Crippen LogP contribution in [0.25, 0.3) is 5.69 Å². The number of para-hydroxylation sites is 1. The molecule has 1 aromatic carbocycles. The van der Waals surface area contributed by atoms with Crippen molar-refractivity contribution in [3.8, 4) is 5.69 Å². The van der Waals surface area contributed by atoms with Crippen molar-refractivity contribution in [2.24, 2.45) is 0 Å². The maximum Gasteiger partial charge on any atom is 0.148 e. The highest BCUT2D eigenvalue weighted by Crippen LogP contribution is 2.29. The molecular formula is C13H14FN3O. The number of hydrogen-bond donors (Lipinski definition) is 1. The van der Waals surface area contributed by atoms with Crippen molar-refractivity contribution in [1.82, 2.24) is 9.78 Å². The molecule has 3 rings (SSSR count). The summed E-state index contributed by atoms with van der Waals surface area (Å²) in [4.78, 5) is 0. The third-order valence-electron chi connectivity index (χ3n) is 3.19. The van der Waals surface area contributed by atoms with E-state index in [2.05, 4.69) is 5.10 Å². The summed E-state index contributed by atoms with van der Waals surface area (Å²) >= 11 is 0. The second kappa shape index (κ2) is 4.42. The molecule has 94 valence electrons. The van der Waals surface area contributed by atoms with Crippen molar-refractivity contribution in [2.45, 2.75) is 12.3 Å². The molecule has 0 aliphatic carbocycles. The van der Waals surface area contributed by atoms with Crippen LogP contribution >= 0.6 is 0 Å². The van der Waals surface area contributed by atoms with Crippen molar-refractivity contribution in [3.05, 3.63) is 42.0 Å². The third kappa shape index (κ3) is 1.86. The van der Waals surface area contributed by atoms with Crippen LogP contribution in [0, 0.1) is 5.82 Å². The molecule has 2 N–H and O–H groups in total. The fraction of sp³-hybridized carbons (Fsp3) is 0.308. The number of ether oxygens (including phenoxy) is 1. The number of nitrogens with zero attached hydrogens (tertiary/aromatic N) is 2. The van der Waals surface area contributed by atoms with Crippen molar-refractivity contribution in [1.29, 1.82) is 0 Å². The Bertz CT molecular complexity index is 561. The lowest BCUT2D eigenvalue weighted by atomic mass is 10.0. The first kappa shape index (κ1) is 11.2. The van der Waals surface area contributed by atoms with E-state index in [0.29, 0.717) is 18.0 Å². The molecule has 5 heteroatoms. The third-order valence-corrected chi connectivity index (χ3v) is 3.19. The molecule has 0 saturated carbocycles. The maximum absolute atomic E-state index is 13.7. The van der Waals surface area contributed by atoms with E-state index in [0.717, 1.165) is 18.7 Å². The highest BCUT2D eigenvalue weighted by atomic mass is 19.1. The summed E-state index contributed by atoms with van der Waals surface area (Å²) in [6.07, 6.45) is 2.57.